The lowest BCUT2D eigenvalue weighted by molar-refractivity contribution is 0.101. The van der Waals surface area contributed by atoms with Crippen LogP contribution in [-0.2, 0) is 0 Å². The zero-order valence-corrected chi connectivity index (χ0v) is 14.1. The van der Waals surface area contributed by atoms with Crippen LogP contribution in [0.25, 0.3) is 5.69 Å². The van der Waals surface area contributed by atoms with Gasteiger partial charge in [0, 0.05) is 6.07 Å². The first-order chi connectivity index (χ1) is 12.0. The van der Waals surface area contributed by atoms with Crippen molar-refractivity contribution in [3.05, 3.63) is 51.4 Å². The zero-order valence-electron chi connectivity index (χ0n) is 13.3. The molecule has 0 radical (unpaired) electrons. The zero-order chi connectivity index (χ0) is 18.0. The van der Waals surface area contributed by atoms with Crippen LogP contribution in [0.2, 0.25) is 0 Å². The topological polar surface area (TPSA) is 119 Å². The summed E-state index contributed by atoms with van der Waals surface area (Å²) in [5, 5.41) is 24.9. The van der Waals surface area contributed by atoms with Gasteiger partial charge in [0.05, 0.1) is 7.11 Å². The van der Waals surface area contributed by atoms with E-state index >= 15 is 0 Å². The Labute approximate surface area is 145 Å². The van der Waals surface area contributed by atoms with E-state index in [1.807, 2.05) is 0 Å². The van der Waals surface area contributed by atoms with Crippen LogP contribution in [0.1, 0.15) is 15.5 Å². The number of aromatic hydroxyl groups is 1. The van der Waals surface area contributed by atoms with E-state index in [1.165, 1.54) is 18.4 Å². The van der Waals surface area contributed by atoms with Crippen molar-refractivity contribution in [3.63, 3.8) is 0 Å². The molecule has 0 aliphatic rings. The normalized spacial score (nSPS) is 10.5. The average molecular weight is 359 g/mol. The van der Waals surface area contributed by atoms with Crippen molar-refractivity contribution in [2.24, 2.45) is 0 Å². The predicted molar refractivity (Wildman–Crippen MR) is 90.7 cm³/mol. The van der Waals surface area contributed by atoms with Crippen molar-refractivity contribution in [3.8, 4) is 17.2 Å². The fraction of sp³-hybridized carbons (Fsp3) is 0.133. The number of hydrogen-bond donors (Lipinski definition) is 2. The standard InChI is InChI=1S/C15H13N5O4S/c1-8-17-18-15(25-8)16-14(23)13-10(21)7-12(22)20(19-13)9-5-3-4-6-11(9)24-2/h3-7,21H,1-2H3,(H,16,18,23). The van der Waals surface area contributed by atoms with Crippen LogP contribution >= 0.6 is 11.3 Å². The molecule has 0 fully saturated rings. The highest BCUT2D eigenvalue weighted by Crippen LogP contribution is 2.22. The Kier molecular flexibility index (Phi) is 4.44. The molecule has 0 aliphatic carbocycles. The SMILES string of the molecule is COc1ccccc1-n1nc(C(=O)Nc2nnc(C)s2)c(O)cc1=O. The Morgan fingerprint density at radius 1 is 1.32 bits per heavy atom. The Bertz CT molecular complexity index is 998. The maximum absolute atomic E-state index is 12.4. The molecular weight excluding hydrogens is 346 g/mol. The number of rotatable bonds is 4. The van der Waals surface area contributed by atoms with Crippen LogP contribution in [0, 0.1) is 6.92 Å². The number of nitrogens with one attached hydrogen (secondary N) is 1. The first-order valence-corrected chi connectivity index (χ1v) is 7.89. The molecule has 10 heteroatoms. The molecule has 1 aromatic carbocycles. The molecule has 0 atom stereocenters. The van der Waals surface area contributed by atoms with Crippen LogP contribution in [0.15, 0.2) is 35.1 Å². The Hall–Kier alpha value is -3.27. The lowest BCUT2D eigenvalue weighted by Crippen LogP contribution is -2.25. The fourth-order valence-electron chi connectivity index (χ4n) is 2.09. The summed E-state index contributed by atoms with van der Waals surface area (Å²) >= 11 is 1.17. The largest absolute Gasteiger partial charge is 0.505 e. The van der Waals surface area contributed by atoms with Crippen molar-refractivity contribution in [2.75, 3.05) is 12.4 Å². The molecule has 128 valence electrons. The first-order valence-electron chi connectivity index (χ1n) is 7.08. The molecule has 3 aromatic rings. The number of carbonyl (C=O) groups excluding carboxylic acids is 1. The number of carbonyl (C=O) groups is 1. The summed E-state index contributed by atoms with van der Waals surface area (Å²) < 4.78 is 6.19. The molecule has 0 spiro atoms. The monoisotopic (exact) mass is 359 g/mol. The Balaban J connectivity index is 2.04. The van der Waals surface area contributed by atoms with Crippen LogP contribution in [0.4, 0.5) is 5.13 Å². The molecule has 3 rings (SSSR count). The molecule has 2 aromatic heterocycles. The number of methoxy groups -OCH3 is 1. The second-order valence-corrected chi connectivity index (χ2v) is 6.06. The molecule has 0 saturated carbocycles. The molecule has 0 unspecified atom stereocenters. The molecule has 0 bridgehead atoms. The van der Waals surface area contributed by atoms with Gasteiger partial charge in [0.15, 0.2) is 11.4 Å². The van der Waals surface area contributed by atoms with E-state index in [1.54, 1.807) is 31.2 Å². The molecule has 9 nitrogen and oxygen atoms in total. The molecule has 25 heavy (non-hydrogen) atoms. The summed E-state index contributed by atoms with van der Waals surface area (Å²) in [6.45, 7) is 1.74. The van der Waals surface area contributed by atoms with E-state index in [-0.39, 0.29) is 10.8 Å². The van der Waals surface area contributed by atoms with Gasteiger partial charge in [0.2, 0.25) is 5.13 Å². The van der Waals surface area contributed by atoms with E-state index in [9.17, 15) is 14.7 Å². The third-order valence-electron chi connectivity index (χ3n) is 3.19. The molecule has 2 heterocycles. The summed E-state index contributed by atoms with van der Waals surface area (Å²) in [6, 6.07) is 7.61. The van der Waals surface area contributed by atoms with Crippen molar-refractivity contribution < 1.29 is 14.6 Å². The third-order valence-corrected chi connectivity index (χ3v) is 3.94. The maximum Gasteiger partial charge on any atom is 0.281 e. The number of nitrogens with zero attached hydrogens (tertiary/aromatic N) is 4. The van der Waals surface area contributed by atoms with Crippen molar-refractivity contribution >= 4 is 22.4 Å². The van der Waals surface area contributed by atoms with E-state index in [0.717, 1.165) is 10.7 Å². The number of aromatic nitrogens is 4. The van der Waals surface area contributed by atoms with Gasteiger partial charge in [-0.05, 0) is 19.1 Å². The minimum atomic E-state index is -0.711. The number of anilines is 1. The van der Waals surface area contributed by atoms with Gasteiger partial charge in [-0.15, -0.1) is 10.2 Å². The molecule has 2 N–H and O–H groups in total. The van der Waals surface area contributed by atoms with Gasteiger partial charge in [-0.3, -0.25) is 14.9 Å². The van der Waals surface area contributed by atoms with Gasteiger partial charge in [0.25, 0.3) is 11.5 Å². The highest BCUT2D eigenvalue weighted by atomic mass is 32.1. The Morgan fingerprint density at radius 2 is 2.08 bits per heavy atom. The van der Waals surface area contributed by atoms with E-state index in [2.05, 4.69) is 20.6 Å². The van der Waals surface area contributed by atoms with E-state index in [4.69, 9.17) is 4.74 Å². The van der Waals surface area contributed by atoms with Gasteiger partial charge in [0.1, 0.15) is 16.4 Å². The van der Waals surface area contributed by atoms with E-state index < -0.39 is 17.2 Å². The van der Waals surface area contributed by atoms with Crippen LogP contribution in [0.3, 0.4) is 0 Å². The predicted octanol–water partition coefficient (Wildman–Crippen LogP) is 1.36. The fourth-order valence-corrected chi connectivity index (χ4v) is 2.68. The second-order valence-electron chi connectivity index (χ2n) is 4.88. The number of aryl methyl sites for hydroxylation is 1. The summed E-state index contributed by atoms with van der Waals surface area (Å²) in [5.74, 6) is -0.846. The highest BCUT2D eigenvalue weighted by Gasteiger charge is 2.19. The number of para-hydroxylation sites is 2. The summed E-state index contributed by atoms with van der Waals surface area (Å²) in [6.07, 6.45) is 0. The lowest BCUT2D eigenvalue weighted by Gasteiger charge is -2.11. The van der Waals surface area contributed by atoms with Crippen LogP contribution in [0.5, 0.6) is 11.5 Å². The molecule has 1 amide bonds. The van der Waals surface area contributed by atoms with Crippen LogP contribution < -0.4 is 15.6 Å². The smallest absolute Gasteiger partial charge is 0.281 e. The minimum absolute atomic E-state index is 0.263. The van der Waals surface area contributed by atoms with Gasteiger partial charge in [-0.25, -0.2) is 0 Å². The Morgan fingerprint density at radius 3 is 2.76 bits per heavy atom. The number of ether oxygens (including phenoxy) is 1. The molecular formula is C15H13N5O4S. The van der Waals surface area contributed by atoms with Gasteiger partial charge in [-0.1, -0.05) is 23.5 Å². The van der Waals surface area contributed by atoms with Gasteiger partial charge in [-0.2, -0.15) is 9.78 Å². The second kappa shape index (κ2) is 6.69. The van der Waals surface area contributed by atoms with Crippen molar-refractivity contribution in [1.29, 1.82) is 0 Å². The summed E-state index contributed by atoms with van der Waals surface area (Å²) in [5.41, 5.74) is -0.584. The minimum Gasteiger partial charge on any atom is -0.505 e. The summed E-state index contributed by atoms with van der Waals surface area (Å²) in [7, 11) is 1.45. The summed E-state index contributed by atoms with van der Waals surface area (Å²) in [4.78, 5) is 24.5. The van der Waals surface area contributed by atoms with E-state index in [0.29, 0.717) is 16.4 Å². The lowest BCUT2D eigenvalue weighted by atomic mass is 10.3. The van der Waals surface area contributed by atoms with Gasteiger partial charge >= 0.3 is 0 Å². The quantitative estimate of drug-likeness (QED) is 0.722. The van der Waals surface area contributed by atoms with Crippen LogP contribution in [-0.4, -0.2) is 38.1 Å². The molecule has 0 saturated heterocycles. The number of hydrogen-bond acceptors (Lipinski definition) is 8. The maximum atomic E-state index is 12.4. The first kappa shape index (κ1) is 16.6. The van der Waals surface area contributed by atoms with Gasteiger partial charge < -0.3 is 9.84 Å². The van der Waals surface area contributed by atoms with Crippen molar-refractivity contribution in [1.82, 2.24) is 20.0 Å². The highest BCUT2D eigenvalue weighted by molar-refractivity contribution is 7.15. The average Bonchev–Trinajstić information content (AvgIpc) is 2.99. The number of amides is 1. The molecule has 0 aliphatic heterocycles. The van der Waals surface area contributed by atoms with Crippen molar-refractivity contribution in [2.45, 2.75) is 6.92 Å². The third kappa shape index (κ3) is 3.33. The number of benzene rings is 1.